The SMILES string of the molecule is CC(CO)(CO)c1ccc2ccccc2c1. The highest BCUT2D eigenvalue weighted by atomic mass is 16.3. The Balaban J connectivity index is 2.54. The van der Waals surface area contributed by atoms with Crippen LogP contribution < -0.4 is 0 Å². The first kappa shape index (κ1) is 11.1. The third kappa shape index (κ3) is 1.82. The number of hydrogen-bond donors (Lipinski definition) is 2. The van der Waals surface area contributed by atoms with E-state index in [1.165, 1.54) is 5.39 Å². The number of rotatable bonds is 3. The van der Waals surface area contributed by atoms with E-state index >= 15 is 0 Å². The second kappa shape index (κ2) is 4.24. The Bertz CT molecular complexity index is 487. The van der Waals surface area contributed by atoms with Gasteiger partial charge in [-0.3, -0.25) is 0 Å². The second-order valence-electron chi connectivity index (χ2n) is 4.44. The first-order chi connectivity index (χ1) is 7.69. The van der Waals surface area contributed by atoms with Crippen molar-refractivity contribution >= 4 is 10.8 Å². The molecule has 2 N–H and O–H groups in total. The first-order valence-electron chi connectivity index (χ1n) is 5.40. The fourth-order valence-electron chi connectivity index (χ4n) is 1.80. The summed E-state index contributed by atoms with van der Waals surface area (Å²) in [6.45, 7) is 1.75. The standard InChI is InChI=1S/C14H16O2/c1-14(9-15,10-16)13-7-6-11-4-2-3-5-12(11)8-13/h2-8,15-16H,9-10H2,1H3. The van der Waals surface area contributed by atoms with Gasteiger partial charge >= 0.3 is 0 Å². The smallest absolute Gasteiger partial charge is 0.0547 e. The lowest BCUT2D eigenvalue weighted by molar-refractivity contribution is 0.129. The summed E-state index contributed by atoms with van der Waals surface area (Å²) in [6, 6.07) is 14.1. The van der Waals surface area contributed by atoms with Crippen molar-refractivity contribution in [3.8, 4) is 0 Å². The maximum Gasteiger partial charge on any atom is 0.0547 e. The quantitative estimate of drug-likeness (QED) is 0.824. The zero-order valence-electron chi connectivity index (χ0n) is 9.35. The van der Waals surface area contributed by atoms with E-state index in [-0.39, 0.29) is 13.2 Å². The van der Waals surface area contributed by atoms with E-state index in [1.807, 2.05) is 49.4 Å². The predicted molar refractivity (Wildman–Crippen MR) is 65.5 cm³/mol. The van der Waals surface area contributed by atoms with Crippen LogP contribution in [0, 0.1) is 0 Å². The molecule has 0 aromatic heterocycles. The summed E-state index contributed by atoms with van der Waals surface area (Å²) >= 11 is 0. The Morgan fingerprint density at radius 2 is 1.56 bits per heavy atom. The summed E-state index contributed by atoms with van der Waals surface area (Å²) in [5.41, 5.74) is 0.403. The Labute approximate surface area is 95.2 Å². The van der Waals surface area contributed by atoms with Crippen molar-refractivity contribution in [2.24, 2.45) is 0 Å². The normalized spacial score (nSPS) is 11.9. The van der Waals surface area contributed by atoms with E-state index in [9.17, 15) is 10.2 Å². The Morgan fingerprint density at radius 3 is 2.19 bits per heavy atom. The minimum atomic E-state index is -0.565. The van der Waals surface area contributed by atoms with E-state index < -0.39 is 5.41 Å². The molecule has 2 aromatic rings. The monoisotopic (exact) mass is 216 g/mol. The van der Waals surface area contributed by atoms with Crippen molar-refractivity contribution in [2.45, 2.75) is 12.3 Å². The van der Waals surface area contributed by atoms with Crippen molar-refractivity contribution in [1.82, 2.24) is 0 Å². The largest absolute Gasteiger partial charge is 0.395 e. The van der Waals surface area contributed by atoms with E-state index in [2.05, 4.69) is 0 Å². The zero-order chi connectivity index (χ0) is 11.6. The third-order valence-corrected chi connectivity index (χ3v) is 3.14. The average molecular weight is 216 g/mol. The van der Waals surface area contributed by atoms with Crippen molar-refractivity contribution in [1.29, 1.82) is 0 Å². The molecule has 0 aliphatic rings. The molecule has 0 heterocycles. The third-order valence-electron chi connectivity index (χ3n) is 3.14. The molecule has 0 radical (unpaired) electrons. The van der Waals surface area contributed by atoms with Crippen LogP contribution in [-0.2, 0) is 5.41 Å². The van der Waals surface area contributed by atoms with Gasteiger partial charge in [0, 0.05) is 5.41 Å². The number of aliphatic hydroxyl groups excluding tert-OH is 2. The molecule has 2 heteroatoms. The fourth-order valence-corrected chi connectivity index (χ4v) is 1.80. The van der Waals surface area contributed by atoms with Crippen LogP contribution in [0.5, 0.6) is 0 Å². The molecular weight excluding hydrogens is 200 g/mol. The van der Waals surface area contributed by atoms with Crippen LogP contribution >= 0.6 is 0 Å². The molecule has 2 aromatic carbocycles. The molecule has 0 unspecified atom stereocenters. The van der Waals surface area contributed by atoms with Gasteiger partial charge in [-0.1, -0.05) is 49.4 Å². The molecule has 0 saturated carbocycles. The lowest BCUT2D eigenvalue weighted by Crippen LogP contribution is -2.30. The molecule has 0 aliphatic heterocycles. The minimum Gasteiger partial charge on any atom is -0.395 e. The minimum absolute atomic E-state index is 0.0537. The molecule has 0 bridgehead atoms. The van der Waals surface area contributed by atoms with Gasteiger partial charge in [-0.25, -0.2) is 0 Å². The van der Waals surface area contributed by atoms with Gasteiger partial charge < -0.3 is 10.2 Å². The van der Waals surface area contributed by atoms with Crippen LogP contribution in [0.3, 0.4) is 0 Å². The lowest BCUT2D eigenvalue weighted by atomic mass is 9.83. The summed E-state index contributed by atoms with van der Waals surface area (Å²) in [7, 11) is 0. The molecule has 84 valence electrons. The zero-order valence-corrected chi connectivity index (χ0v) is 9.35. The van der Waals surface area contributed by atoms with Crippen molar-refractivity contribution in [3.05, 3.63) is 48.0 Å². The molecule has 0 saturated heterocycles. The molecule has 2 nitrogen and oxygen atoms in total. The first-order valence-corrected chi connectivity index (χ1v) is 5.40. The van der Waals surface area contributed by atoms with Gasteiger partial charge in [-0.05, 0) is 16.3 Å². The van der Waals surface area contributed by atoms with Gasteiger partial charge in [-0.2, -0.15) is 0 Å². The molecule has 2 rings (SSSR count). The van der Waals surface area contributed by atoms with Gasteiger partial charge in [0.1, 0.15) is 0 Å². The van der Waals surface area contributed by atoms with Crippen LogP contribution in [0.25, 0.3) is 10.8 Å². The summed E-state index contributed by atoms with van der Waals surface area (Å²) in [6.07, 6.45) is 0. The number of benzene rings is 2. The van der Waals surface area contributed by atoms with Crippen molar-refractivity contribution in [3.63, 3.8) is 0 Å². The van der Waals surface area contributed by atoms with Crippen LogP contribution in [0.1, 0.15) is 12.5 Å². The summed E-state index contributed by atoms with van der Waals surface area (Å²) in [5.74, 6) is 0. The van der Waals surface area contributed by atoms with E-state index in [1.54, 1.807) is 0 Å². The number of hydrogen-bond acceptors (Lipinski definition) is 2. The number of fused-ring (bicyclic) bond motifs is 1. The summed E-state index contributed by atoms with van der Waals surface area (Å²) in [4.78, 5) is 0. The Kier molecular flexibility index (Phi) is 2.95. The highest BCUT2D eigenvalue weighted by molar-refractivity contribution is 5.83. The molecule has 0 fully saturated rings. The fraction of sp³-hybridized carbons (Fsp3) is 0.286. The molecule has 16 heavy (non-hydrogen) atoms. The molecule has 0 spiro atoms. The lowest BCUT2D eigenvalue weighted by Gasteiger charge is -2.25. The second-order valence-corrected chi connectivity index (χ2v) is 4.44. The van der Waals surface area contributed by atoms with Gasteiger partial charge in [0.2, 0.25) is 0 Å². The van der Waals surface area contributed by atoms with Gasteiger partial charge in [0.15, 0.2) is 0 Å². The topological polar surface area (TPSA) is 40.5 Å². The van der Waals surface area contributed by atoms with Crippen molar-refractivity contribution in [2.75, 3.05) is 13.2 Å². The maximum absolute atomic E-state index is 9.35. The predicted octanol–water partition coefficient (Wildman–Crippen LogP) is 2.08. The van der Waals surface area contributed by atoms with Gasteiger partial charge in [0.25, 0.3) is 0 Å². The Morgan fingerprint density at radius 1 is 0.938 bits per heavy atom. The average Bonchev–Trinajstić information content (AvgIpc) is 2.37. The highest BCUT2D eigenvalue weighted by Crippen LogP contribution is 2.26. The van der Waals surface area contributed by atoms with E-state index in [4.69, 9.17) is 0 Å². The maximum atomic E-state index is 9.35. The summed E-state index contributed by atoms with van der Waals surface area (Å²) < 4.78 is 0. The van der Waals surface area contributed by atoms with Crippen LogP contribution in [-0.4, -0.2) is 23.4 Å². The van der Waals surface area contributed by atoms with Crippen LogP contribution in [0.15, 0.2) is 42.5 Å². The molecule has 0 amide bonds. The summed E-state index contributed by atoms with van der Waals surface area (Å²) in [5, 5.41) is 21.0. The van der Waals surface area contributed by atoms with Crippen LogP contribution in [0.4, 0.5) is 0 Å². The molecule has 0 atom stereocenters. The van der Waals surface area contributed by atoms with Crippen molar-refractivity contribution < 1.29 is 10.2 Å². The van der Waals surface area contributed by atoms with Gasteiger partial charge in [0.05, 0.1) is 13.2 Å². The molecular formula is C14H16O2. The Hall–Kier alpha value is -1.38. The van der Waals surface area contributed by atoms with E-state index in [0.29, 0.717) is 0 Å². The van der Waals surface area contributed by atoms with E-state index in [0.717, 1.165) is 10.9 Å². The highest BCUT2D eigenvalue weighted by Gasteiger charge is 2.24. The molecule has 0 aliphatic carbocycles. The van der Waals surface area contributed by atoms with Gasteiger partial charge in [-0.15, -0.1) is 0 Å². The van der Waals surface area contributed by atoms with Crippen LogP contribution in [0.2, 0.25) is 0 Å². The number of aliphatic hydroxyl groups is 2.